The molecule has 0 aromatic heterocycles. The summed E-state index contributed by atoms with van der Waals surface area (Å²) in [6.07, 6.45) is 2.73. The number of hydrogen-bond donors (Lipinski definition) is 1. The van der Waals surface area contributed by atoms with E-state index < -0.39 is 0 Å². The second-order valence-corrected chi connectivity index (χ2v) is 7.01. The van der Waals surface area contributed by atoms with Gasteiger partial charge in [0.05, 0.1) is 18.6 Å². The van der Waals surface area contributed by atoms with Crippen molar-refractivity contribution in [3.63, 3.8) is 0 Å². The van der Waals surface area contributed by atoms with Gasteiger partial charge in [-0.05, 0) is 42.5 Å². The van der Waals surface area contributed by atoms with E-state index in [9.17, 15) is 4.79 Å². The van der Waals surface area contributed by atoms with Crippen LogP contribution in [0.3, 0.4) is 0 Å². The number of benzene rings is 1. The van der Waals surface area contributed by atoms with E-state index in [2.05, 4.69) is 24.4 Å². The first-order valence-electron chi connectivity index (χ1n) is 7.27. The number of halogens is 1. The number of rotatable bonds is 8. The molecule has 0 bridgehead atoms. The van der Waals surface area contributed by atoms with Gasteiger partial charge in [0.2, 0.25) is 0 Å². The lowest BCUT2D eigenvalue weighted by Gasteiger charge is -2.14. The molecule has 0 spiro atoms. The van der Waals surface area contributed by atoms with E-state index >= 15 is 0 Å². The van der Waals surface area contributed by atoms with E-state index in [1.807, 2.05) is 6.07 Å². The average Bonchev–Trinajstić information content (AvgIpc) is 3.24. The quantitative estimate of drug-likeness (QED) is 0.581. The van der Waals surface area contributed by atoms with Crippen LogP contribution in [0.15, 0.2) is 23.1 Å². The molecule has 0 amide bonds. The second-order valence-electron chi connectivity index (χ2n) is 5.59. The number of methoxy groups -OCH3 is 1. The summed E-state index contributed by atoms with van der Waals surface area (Å²) in [6, 6.07) is 6.21. The smallest absolute Gasteiger partial charge is 0.306 e. The van der Waals surface area contributed by atoms with E-state index in [1.165, 1.54) is 12.7 Å². The summed E-state index contributed by atoms with van der Waals surface area (Å²) in [4.78, 5) is 12.5. The first-order chi connectivity index (χ1) is 10.1. The summed E-state index contributed by atoms with van der Waals surface area (Å²) in [5, 5.41) is 4.08. The number of nitrogens with one attached hydrogen (secondary N) is 1. The topological polar surface area (TPSA) is 38.3 Å². The summed E-state index contributed by atoms with van der Waals surface area (Å²) in [6.45, 7) is 3.87. The van der Waals surface area contributed by atoms with Crippen LogP contribution in [0, 0.1) is 5.41 Å². The highest BCUT2D eigenvalue weighted by atomic mass is 35.5. The van der Waals surface area contributed by atoms with Crippen LogP contribution in [0.25, 0.3) is 0 Å². The van der Waals surface area contributed by atoms with Gasteiger partial charge >= 0.3 is 5.97 Å². The molecule has 0 heterocycles. The molecule has 0 aliphatic heterocycles. The van der Waals surface area contributed by atoms with Crippen LogP contribution in [-0.2, 0) is 16.1 Å². The highest BCUT2D eigenvalue weighted by Gasteiger charge is 2.44. The number of carbonyl (C=O) groups excluding carboxylic acids is 1. The van der Waals surface area contributed by atoms with Crippen LogP contribution in [0.4, 0.5) is 0 Å². The van der Waals surface area contributed by atoms with Gasteiger partial charge in [-0.2, -0.15) is 0 Å². The molecule has 2 rings (SSSR count). The van der Waals surface area contributed by atoms with Crippen molar-refractivity contribution in [3.05, 3.63) is 28.8 Å². The van der Waals surface area contributed by atoms with Crippen molar-refractivity contribution in [2.24, 2.45) is 5.41 Å². The van der Waals surface area contributed by atoms with Gasteiger partial charge in [0.1, 0.15) is 0 Å². The Morgan fingerprint density at radius 2 is 2.24 bits per heavy atom. The zero-order chi connectivity index (χ0) is 15.3. The Hall–Kier alpha value is -0.710. The molecule has 5 heteroatoms. The van der Waals surface area contributed by atoms with Crippen molar-refractivity contribution >= 4 is 29.3 Å². The predicted octanol–water partition coefficient (Wildman–Crippen LogP) is 3.88. The minimum Gasteiger partial charge on any atom is -0.469 e. The maximum Gasteiger partial charge on any atom is 0.306 e. The fourth-order valence-corrected chi connectivity index (χ4v) is 3.78. The van der Waals surface area contributed by atoms with Gasteiger partial charge in [0.15, 0.2) is 0 Å². The lowest BCUT2D eigenvalue weighted by atomic mass is 10.1. The Kier molecular flexibility index (Phi) is 5.97. The van der Waals surface area contributed by atoms with Gasteiger partial charge in [0.25, 0.3) is 0 Å². The average molecular weight is 328 g/mol. The first kappa shape index (κ1) is 16.7. The molecule has 0 unspecified atom stereocenters. The predicted molar refractivity (Wildman–Crippen MR) is 87.9 cm³/mol. The van der Waals surface area contributed by atoms with Crippen LogP contribution in [-0.4, -0.2) is 25.4 Å². The first-order valence-corrected chi connectivity index (χ1v) is 8.64. The van der Waals surface area contributed by atoms with Crippen LogP contribution in [0.2, 0.25) is 5.02 Å². The van der Waals surface area contributed by atoms with E-state index in [0.717, 1.165) is 41.6 Å². The molecule has 1 aromatic rings. The standard InChI is InChI=1S/C16H22ClNO2S/c1-3-18-10-12-4-5-14(13(17)8-12)21-11-16(6-7-16)9-15(19)20-2/h4-5,8,18H,3,6-7,9-11H2,1-2H3. The highest BCUT2D eigenvalue weighted by Crippen LogP contribution is 2.52. The molecular formula is C16H22ClNO2S. The molecule has 0 atom stereocenters. The summed E-state index contributed by atoms with van der Waals surface area (Å²) < 4.78 is 4.77. The molecule has 1 aliphatic carbocycles. The normalized spacial score (nSPS) is 15.8. The Balaban J connectivity index is 1.90. The van der Waals surface area contributed by atoms with Crippen molar-refractivity contribution in [1.29, 1.82) is 0 Å². The highest BCUT2D eigenvalue weighted by molar-refractivity contribution is 7.99. The molecule has 1 N–H and O–H groups in total. The van der Waals surface area contributed by atoms with Crippen molar-refractivity contribution < 1.29 is 9.53 Å². The molecule has 0 saturated heterocycles. The van der Waals surface area contributed by atoms with Crippen molar-refractivity contribution in [1.82, 2.24) is 5.32 Å². The summed E-state index contributed by atoms with van der Waals surface area (Å²) in [5.74, 6) is 0.814. The third kappa shape index (κ3) is 4.90. The largest absolute Gasteiger partial charge is 0.469 e. The Bertz CT molecular complexity index is 503. The van der Waals surface area contributed by atoms with Crippen LogP contribution >= 0.6 is 23.4 Å². The van der Waals surface area contributed by atoms with E-state index in [1.54, 1.807) is 11.8 Å². The third-order valence-corrected chi connectivity index (χ3v) is 5.66. The van der Waals surface area contributed by atoms with Gasteiger partial charge in [-0.3, -0.25) is 4.79 Å². The number of esters is 1. The number of ether oxygens (including phenoxy) is 1. The number of hydrogen-bond acceptors (Lipinski definition) is 4. The zero-order valence-electron chi connectivity index (χ0n) is 12.6. The molecule has 1 aromatic carbocycles. The maximum absolute atomic E-state index is 11.4. The molecule has 1 aliphatic rings. The SMILES string of the molecule is CCNCc1ccc(SCC2(CC(=O)OC)CC2)c(Cl)c1. The summed E-state index contributed by atoms with van der Waals surface area (Å²) in [7, 11) is 1.45. The van der Waals surface area contributed by atoms with Gasteiger partial charge in [0, 0.05) is 17.2 Å². The van der Waals surface area contributed by atoms with Gasteiger partial charge in [-0.15, -0.1) is 11.8 Å². The van der Waals surface area contributed by atoms with Crippen LogP contribution in [0.1, 0.15) is 31.7 Å². The lowest BCUT2D eigenvalue weighted by molar-refractivity contribution is -0.141. The molecule has 116 valence electrons. The molecule has 3 nitrogen and oxygen atoms in total. The van der Waals surface area contributed by atoms with Crippen LogP contribution in [0.5, 0.6) is 0 Å². The molecular weight excluding hydrogens is 306 g/mol. The monoisotopic (exact) mass is 327 g/mol. The van der Waals surface area contributed by atoms with E-state index in [0.29, 0.717) is 6.42 Å². The maximum atomic E-state index is 11.4. The lowest BCUT2D eigenvalue weighted by Crippen LogP contribution is -2.13. The number of carbonyl (C=O) groups is 1. The molecule has 0 radical (unpaired) electrons. The zero-order valence-corrected chi connectivity index (χ0v) is 14.1. The minimum absolute atomic E-state index is 0.111. The fourth-order valence-electron chi connectivity index (χ4n) is 2.20. The van der Waals surface area contributed by atoms with Crippen molar-refractivity contribution in [2.75, 3.05) is 19.4 Å². The van der Waals surface area contributed by atoms with Crippen molar-refractivity contribution in [3.8, 4) is 0 Å². The fraction of sp³-hybridized carbons (Fsp3) is 0.562. The van der Waals surface area contributed by atoms with Gasteiger partial charge in [-0.1, -0.05) is 24.6 Å². The van der Waals surface area contributed by atoms with Crippen molar-refractivity contribution in [2.45, 2.75) is 37.6 Å². The van der Waals surface area contributed by atoms with Crippen LogP contribution < -0.4 is 5.32 Å². The minimum atomic E-state index is -0.111. The summed E-state index contributed by atoms with van der Waals surface area (Å²) in [5.41, 5.74) is 1.32. The summed E-state index contributed by atoms with van der Waals surface area (Å²) >= 11 is 8.09. The van der Waals surface area contributed by atoms with E-state index in [4.69, 9.17) is 16.3 Å². The Morgan fingerprint density at radius 1 is 1.48 bits per heavy atom. The second kappa shape index (κ2) is 7.52. The van der Waals surface area contributed by atoms with E-state index in [-0.39, 0.29) is 11.4 Å². The number of thioether (sulfide) groups is 1. The molecule has 1 fully saturated rings. The Morgan fingerprint density at radius 3 is 2.81 bits per heavy atom. The molecule has 1 saturated carbocycles. The molecule has 21 heavy (non-hydrogen) atoms. The van der Waals surface area contributed by atoms with Gasteiger partial charge in [-0.25, -0.2) is 0 Å². The van der Waals surface area contributed by atoms with Gasteiger partial charge < -0.3 is 10.1 Å². The third-order valence-electron chi connectivity index (χ3n) is 3.81. The Labute approximate surface area is 135 Å².